The molecule has 4 rings (SSSR count). The maximum absolute atomic E-state index is 11.3. The van der Waals surface area contributed by atoms with Crippen LogP contribution >= 0.6 is 23.2 Å². The van der Waals surface area contributed by atoms with E-state index in [1.54, 1.807) is 6.07 Å². The highest BCUT2D eigenvalue weighted by atomic mass is 35.5. The summed E-state index contributed by atoms with van der Waals surface area (Å²) >= 11 is 12.8. The molecule has 1 unspecified atom stereocenters. The predicted molar refractivity (Wildman–Crippen MR) is 103 cm³/mol. The molecule has 1 fully saturated rings. The molecule has 2 aromatic carbocycles. The van der Waals surface area contributed by atoms with Gasteiger partial charge in [0.1, 0.15) is 0 Å². The lowest BCUT2D eigenvalue weighted by molar-refractivity contribution is -0.143. The number of carboxylic acids is 1. The Morgan fingerprint density at radius 1 is 1.11 bits per heavy atom. The van der Waals surface area contributed by atoms with Crippen LogP contribution in [0.3, 0.4) is 0 Å². The van der Waals surface area contributed by atoms with Gasteiger partial charge in [-0.05, 0) is 55.3 Å². The van der Waals surface area contributed by atoms with Gasteiger partial charge in [0.15, 0.2) is 11.5 Å². The first kappa shape index (κ1) is 18.4. The summed E-state index contributed by atoms with van der Waals surface area (Å²) in [6.45, 7) is 1.54. The smallest absolute Gasteiger partial charge is 0.306 e. The maximum atomic E-state index is 11.3. The molecule has 2 aromatic rings. The number of hydrogen-bond donors (Lipinski definition) is 1. The number of nitrogens with zero attached hydrogens (tertiary/aromatic N) is 1. The Morgan fingerprint density at radius 2 is 1.85 bits per heavy atom. The summed E-state index contributed by atoms with van der Waals surface area (Å²) in [5.74, 6) is 0.402. The summed E-state index contributed by atoms with van der Waals surface area (Å²) in [5, 5.41) is 10.3. The quantitative estimate of drug-likeness (QED) is 0.801. The number of piperidine rings is 1. The van der Waals surface area contributed by atoms with Gasteiger partial charge in [-0.1, -0.05) is 41.4 Å². The van der Waals surface area contributed by atoms with Crippen molar-refractivity contribution in [2.75, 3.05) is 19.9 Å². The van der Waals surface area contributed by atoms with Crippen molar-refractivity contribution in [3.63, 3.8) is 0 Å². The minimum atomic E-state index is -0.727. The first-order valence-electron chi connectivity index (χ1n) is 8.85. The summed E-state index contributed by atoms with van der Waals surface area (Å²) in [4.78, 5) is 13.6. The first-order chi connectivity index (χ1) is 13.0. The molecule has 0 spiro atoms. The van der Waals surface area contributed by atoms with Crippen LogP contribution in [0, 0.1) is 5.92 Å². The molecule has 2 aliphatic heterocycles. The molecular formula is C20H19Cl2NO4. The lowest BCUT2D eigenvalue weighted by atomic mass is 9.91. The fourth-order valence-electron chi connectivity index (χ4n) is 3.81. The van der Waals surface area contributed by atoms with E-state index in [-0.39, 0.29) is 18.8 Å². The van der Waals surface area contributed by atoms with Crippen molar-refractivity contribution in [1.82, 2.24) is 4.90 Å². The largest absolute Gasteiger partial charge is 0.481 e. The van der Waals surface area contributed by atoms with Crippen LogP contribution in [0.1, 0.15) is 30.0 Å². The Balaban J connectivity index is 1.72. The fourth-order valence-corrected chi connectivity index (χ4v) is 4.22. The molecule has 1 N–H and O–H groups in total. The molecule has 1 atom stereocenters. The monoisotopic (exact) mass is 407 g/mol. The molecule has 0 radical (unpaired) electrons. The van der Waals surface area contributed by atoms with E-state index in [4.69, 9.17) is 32.7 Å². The predicted octanol–water partition coefficient (Wildman–Crippen LogP) is 4.61. The van der Waals surface area contributed by atoms with Crippen LogP contribution in [-0.2, 0) is 4.79 Å². The highest BCUT2D eigenvalue weighted by Crippen LogP contribution is 2.42. The van der Waals surface area contributed by atoms with Gasteiger partial charge in [0, 0.05) is 0 Å². The average molecular weight is 408 g/mol. The minimum Gasteiger partial charge on any atom is -0.481 e. The van der Waals surface area contributed by atoms with Crippen LogP contribution in [0.4, 0.5) is 0 Å². The molecule has 0 saturated carbocycles. The summed E-state index contributed by atoms with van der Waals surface area (Å²) in [5.41, 5.74) is 1.91. The van der Waals surface area contributed by atoms with Crippen molar-refractivity contribution in [3.8, 4) is 11.5 Å². The molecule has 2 aliphatic rings. The SMILES string of the molecule is O=C(O)C1CCN(C(c2ccc3c(c2)OCO3)c2cccc(Cl)c2Cl)CC1. The van der Waals surface area contributed by atoms with Gasteiger partial charge in [0.05, 0.1) is 22.0 Å². The summed E-state index contributed by atoms with van der Waals surface area (Å²) in [7, 11) is 0. The molecule has 0 aromatic heterocycles. The zero-order valence-corrected chi connectivity index (χ0v) is 16.0. The topological polar surface area (TPSA) is 59.0 Å². The first-order valence-corrected chi connectivity index (χ1v) is 9.60. The second-order valence-corrected chi connectivity index (χ2v) is 7.59. The molecule has 27 heavy (non-hydrogen) atoms. The molecule has 0 aliphatic carbocycles. The van der Waals surface area contributed by atoms with Crippen molar-refractivity contribution < 1.29 is 19.4 Å². The summed E-state index contributed by atoms with van der Waals surface area (Å²) in [6, 6.07) is 11.3. The van der Waals surface area contributed by atoms with Crippen molar-refractivity contribution in [2.24, 2.45) is 5.92 Å². The van der Waals surface area contributed by atoms with Crippen molar-refractivity contribution in [3.05, 3.63) is 57.6 Å². The van der Waals surface area contributed by atoms with Gasteiger partial charge in [0.2, 0.25) is 6.79 Å². The van der Waals surface area contributed by atoms with Gasteiger partial charge >= 0.3 is 5.97 Å². The highest BCUT2D eigenvalue weighted by Gasteiger charge is 2.32. The normalized spacial score (nSPS) is 18.4. The third-order valence-corrected chi connectivity index (χ3v) is 6.07. The van der Waals surface area contributed by atoms with E-state index in [1.165, 1.54) is 0 Å². The van der Waals surface area contributed by atoms with Gasteiger partial charge < -0.3 is 14.6 Å². The van der Waals surface area contributed by atoms with Crippen LogP contribution in [0.25, 0.3) is 0 Å². The van der Waals surface area contributed by atoms with Crippen LogP contribution in [0.5, 0.6) is 11.5 Å². The molecule has 1 saturated heterocycles. The van der Waals surface area contributed by atoms with E-state index in [2.05, 4.69) is 4.90 Å². The van der Waals surface area contributed by atoms with Crippen molar-refractivity contribution in [2.45, 2.75) is 18.9 Å². The van der Waals surface area contributed by atoms with E-state index in [1.807, 2.05) is 30.3 Å². The van der Waals surface area contributed by atoms with Gasteiger partial charge in [-0.15, -0.1) is 0 Å². The Morgan fingerprint density at radius 3 is 2.59 bits per heavy atom. The summed E-state index contributed by atoms with van der Waals surface area (Å²) < 4.78 is 11.0. The number of halogens is 2. The molecule has 142 valence electrons. The number of aliphatic carboxylic acids is 1. The Bertz CT molecular complexity index is 865. The van der Waals surface area contributed by atoms with Crippen LogP contribution in [0.15, 0.2) is 36.4 Å². The zero-order valence-electron chi connectivity index (χ0n) is 14.5. The highest BCUT2D eigenvalue weighted by molar-refractivity contribution is 6.42. The minimum absolute atomic E-state index is 0.138. The lowest BCUT2D eigenvalue weighted by Gasteiger charge is -2.37. The second-order valence-electron chi connectivity index (χ2n) is 6.81. The fraction of sp³-hybridized carbons (Fsp3) is 0.350. The standard InChI is InChI=1S/C20H19Cl2NO4/c21-15-3-1-2-14(18(15)22)19(23-8-6-12(7-9-23)20(24)25)13-4-5-16-17(10-13)27-11-26-16/h1-5,10,12,19H,6-9,11H2,(H,24,25). The number of rotatable bonds is 4. The van der Waals surface area contributed by atoms with E-state index >= 15 is 0 Å². The van der Waals surface area contributed by atoms with E-state index in [0.717, 1.165) is 16.9 Å². The number of ether oxygens (including phenoxy) is 2. The van der Waals surface area contributed by atoms with Gasteiger partial charge in [-0.3, -0.25) is 9.69 Å². The molecule has 7 heteroatoms. The van der Waals surface area contributed by atoms with Crippen LogP contribution in [-0.4, -0.2) is 35.9 Å². The molecule has 5 nitrogen and oxygen atoms in total. The Kier molecular flexibility index (Phi) is 5.17. The maximum Gasteiger partial charge on any atom is 0.306 e. The zero-order chi connectivity index (χ0) is 19.0. The number of benzene rings is 2. The van der Waals surface area contributed by atoms with Crippen molar-refractivity contribution in [1.29, 1.82) is 0 Å². The summed E-state index contributed by atoms with van der Waals surface area (Å²) in [6.07, 6.45) is 1.21. The number of hydrogen-bond acceptors (Lipinski definition) is 4. The Hall–Kier alpha value is -1.95. The molecule has 2 heterocycles. The Labute approximate surface area is 167 Å². The van der Waals surface area contributed by atoms with Gasteiger partial charge in [0.25, 0.3) is 0 Å². The van der Waals surface area contributed by atoms with E-state index < -0.39 is 5.97 Å². The molecular weight excluding hydrogens is 389 g/mol. The third kappa shape index (κ3) is 3.59. The van der Waals surface area contributed by atoms with E-state index in [0.29, 0.717) is 41.7 Å². The van der Waals surface area contributed by atoms with Crippen LogP contribution < -0.4 is 9.47 Å². The average Bonchev–Trinajstić information content (AvgIpc) is 3.14. The number of likely N-dealkylation sites (tertiary alicyclic amines) is 1. The third-order valence-electron chi connectivity index (χ3n) is 5.23. The number of fused-ring (bicyclic) bond motifs is 1. The lowest BCUT2D eigenvalue weighted by Crippen LogP contribution is -2.39. The second kappa shape index (κ2) is 7.58. The molecule has 0 amide bonds. The number of carboxylic acid groups (broad SMARTS) is 1. The van der Waals surface area contributed by atoms with Gasteiger partial charge in [-0.25, -0.2) is 0 Å². The van der Waals surface area contributed by atoms with E-state index in [9.17, 15) is 9.90 Å². The molecule has 0 bridgehead atoms. The van der Waals surface area contributed by atoms with Crippen molar-refractivity contribution >= 4 is 29.2 Å². The van der Waals surface area contributed by atoms with Gasteiger partial charge in [-0.2, -0.15) is 0 Å². The number of carbonyl (C=O) groups is 1. The van der Waals surface area contributed by atoms with Crippen LogP contribution in [0.2, 0.25) is 10.0 Å².